The third kappa shape index (κ3) is 2.07. The van der Waals surface area contributed by atoms with Crippen LogP contribution in [0, 0.1) is 0 Å². The van der Waals surface area contributed by atoms with Crippen LogP contribution < -0.4 is 10.3 Å². The number of pyridine rings is 1. The molecule has 18 heavy (non-hydrogen) atoms. The first-order chi connectivity index (χ1) is 8.67. The number of hydrogen-bond donors (Lipinski definition) is 0. The average molecular weight is 247 g/mol. The molecule has 0 radical (unpaired) electrons. The Balaban J connectivity index is 2.62. The second-order valence-electron chi connectivity index (χ2n) is 3.64. The van der Waals surface area contributed by atoms with E-state index in [0.29, 0.717) is 11.1 Å². The van der Waals surface area contributed by atoms with Gasteiger partial charge in [0, 0.05) is 6.20 Å². The molecular formula is C13H13NO4. The molecule has 94 valence electrons. The Labute approximate surface area is 104 Å². The Morgan fingerprint density at radius 1 is 1.33 bits per heavy atom. The van der Waals surface area contributed by atoms with Gasteiger partial charge in [-0.05, 0) is 30.5 Å². The first-order valence-corrected chi connectivity index (χ1v) is 5.54. The van der Waals surface area contributed by atoms with E-state index >= 15 is 0 Å². The number of methoxy groups -OCH3 is 1. The van der Waals surface area contributed by atoms with Gasteiger partial charge in [-0.2, -0.15) is 0 Å². The fourth-order valence-corrected chi connectivity index (χ4v) is 1.68. The topological polar surface area (TPSA) is 57.5 Å². The third-order valence-electron chi connectivity index (χ3n) is 2.58. The van der Waals surface area contributed by atoms with Gasteiger partial charge in [0.1, 0.15) is 5.75 Å². The maximum Gasteiger partial charge on any atom is 0.420 e. The summed E-state index contributed by atoms with van der Waals surface area (Å²) in [6, 6.07) is 6.82. The summed E-state index contributed by atoms with van der Waals surface area (Å²) in [6.07, 6.45) is 0.738. The van der Waals surface area contributed by atoms with Crippen molar-refractivity contribution in [1.29, 1.82) is 0 Å². The van der Waals surface area contributed by atoms with E-state index in [-0.39, 0.29) is 6.61 Å². The molecule has 0 aliphatic heterocycles. The van der Waals surface area contributed by atoms with Crippen LogP contribution in [0.2, 0.25) is 0 Å². The van der Waals surface area contributed by atoms with E-state index in [1.165, 1.54) is 13.3 Å². The smallest absolute Gasteiger partial charge is 0.420 e. The molecule has 0 atom stereocenters. The van der Waals surface area contributed by atoms with E-state index in [4.69, 9.17) is 9.47 Å². The van der Waals surface area contributed by atoms with E-state index in [1.54, 1.807) is 31.2 Å². The monoisotopic (exact) mass is 247 g/mol. The van der Waals surface area contributed by atoms with Crippen LogP contribution in [0.5, 0.6) is 5.75 Å². The maximum atomic E-state index is 12.1. The van der Waals surface area contributed by atoms with E-state index in [2.05, 4.69) is 0 Å². The van der Waals surface area contributed by atoms with Gasteiger partial charge in [0.2, 0.25) is 0 Å². The lowest BCUT2D eigenvalue weighted by Crippen LogP contribution is -2.27. The Hall–Kier alpha value is -2.30. The van der Waals surface area contributed by atoms with Crippen LogP contribution in [0.1, 0.15) is 6.92 Å². The van der Waals surface area contributed by atoms with Crippen molar-refractivity contribution in [3.8, 4) is 5.75 Å². The van der Waals surface area contributed by atoms with Crippen molar-refractivity contribution in [3.05, 3.63) is 40.8 Å². The van der Waals surface area contributed by atoms with Gasteiger partial charge in [-0.25, -0.2) is 9.36 Å². The average Bonchev–Trinajstić information content (AvgIpc) is 2.39. The van der Waals surface area contributed by atoms with Crippen molar-refractivity contribution in [2.24, 2.45) is 0 Å². The summed E-state index contributed by atoms with van der Waals surface area (Å²) in [6.45, 7) is 1.91. The molecule has 2 aromatic rings. The number of carbonyl (C=O) groups is 1. The molecule has 2 rings (SSSR count). The molecule has 1 heterocycles. The first kappa shape index (κ1) is 12.2. The quantitative estimate of drug-likeness (QED) is 0.814. The van der Waals surface area contributed by atoms with Crippen molar-refractivity contribution in [2.75, 3.05) is 13.7 Å². The Morgan fingerprint density at radius 2 is 2.11 bits per heavy atom. The second kappa shape index (κ2) is 4.91. The molecule has 0 aliphatic rings. The number of rotatable bonds is 2. The molecule has 0 N–H and O–H groups in total. The minimum absolute atomic E-state index is 0.224. The SMILES string of the molecule is CCOC(=O)n1ccc2ccc(OC)cc2c1=O. The van der Waals surface area contributed by atoms with Crippen LogP contribution in [-0.4, -0.2) is 24.4 Å². The number of benzene rings is 1. The number of aromatic nitrogens is 1. The third-order valence-corrected chi connectivity index (χ3v) is 2.58. The van der Waals surface area contributed by atoms with Gasteiger partial charge in [0.05, 0.1) is 19.1 Å². The summed E-state index contributed by atoms with van der Waals surface area (Å²) in [4.78, 5) is 23.7. The van der Waals surface area contributed by atoms with E-state index in [9.17, 15) is 9.59 Å². The van der Waals surface area contributed by atoms with Crippen LogP contribution in [0.3, 0.4) is 0 Å². The van der Waals surface area contributed by atoms with Gasteiger partial charge >= 0.3 is 6.09 Å². The standard InChI is InChI=1S/C13H13NO4/c1-3-18-13(16)14-7-6-9-4-5-10(17-2)8-11(9)12(14)15/h4-8H,3H2,1-2H3. The van der Waals surface area contributed by atoms with Gasteiger partial charge in [-0.15, -0.1) is 0 Å². The van der Waals surface area contributed by atoms with E-state index in [0.717, 1.165) is 9.95 Å². The molecule has 1 aromatic carbocycles. The van der Waals surface area contributed by atoms with Crippen LogP contribution in [0.4, 0.5) is 4.79 Å². The molecular weight excluding hydrogens is 234 g/mol. The normalized spacial score (nSPS) is 10.3. The summed E-state index contributed by atoms with van der Waals surface area (Å²) in [7, 11) is 1.52. The highest BCUT2D eigenvalue weighted by Crippen LogP contribution is 2.17. The Kier molecular flexibility index (Phi) is 3.32. The van der Waals surface area contributed by atoms with Crippen molar-refractivity contribution in [2.45, 2.75) is 6.92 Å². The van der Waals surface area contributed by atoms with Crippen molar-refractivity contribution >= 4 is 16.9 Å². The number of fused-ring (bicyclic) bond motifs is 1. The molecule has 0 unspecified atom stereocenters. The lowest BCUT2D eigenvalue weighted by atomic mass is 10.1. The minimum atomic E-state index is -0.674. The summed E-state index contributed by atoms with van der Waals surface area (Å²) >= 11 is 0. The summed E-state index contributed by atoms with van der Waals surface area (Å²) in [5.74, 6) is 0.571. The Morgan fingerprint density at radius 3 is 2.78 bits per heavy atom. The highest BCUT2D eigenvalue weighted by molar-refractivity contribution is 5.85. The molecule has 5 heteroatoms. The summed E-state index contributed by atoms with van der Waals surface area (Å²) in [5.41, 5.74) is -0.412. The molecule has 0 fully saturated rings. The van der Waals surface area contributed by atoms with Gasteiger partial charge in [-0.3, -0.25) is 4.79 Å². The zero-order valence-corrected chi connectivity index (χ0v) is 10.2. The van der Waals surface area contributed by atoms with E-state index in [1.807, 2.05) is 0 Å². The van der Waals surface area contributed by atoms with Crippen molar-refractivity contribution in [3.63, 3.8) is 0 Å². The lowest BCUT2D eigenvalue weighted by Gasteiger charge is -2.06. The predicted octanol–water partition coefficient (Wildman–Crippen LogP) is 2.01. The largest absolute Gasteiger partial charge is 0.497 e. The van der Waals surface area contributed by atoms with Crippen LogP contribution in [0.15, 0.2) is 35.3 Å². The highest BCUT2D eigenvalue weighted by atomic mass is 16.5. The highest BCUT2D eigenvalue weighted by Gasteiger charge is 2.10. The number of carbonyl (C=O) groups excluding carboxylic acids is 1. The summed E-state index contributed by atoms with van der Waals surface area (Å²) in [5, 5.41) is 1.17. The lowest BCUT2D eigenvalue weighted by molar-refractivity contribution is 0.153. The van der Waals surface area contributed by atoms with Crippen LogP contribution >= 0.6 is 0 Å². The molecule has 0 saturated heterocycles. The fraction of sp³-hybridized carbons (Fsp3) is 0.231. The second-order valence-corrected chi connectivity index (χ2v) is 3.64. The molecule has 0 amide bonds. The zero-order valence-electron chi connectivity index (χ0n) is 10.2. The predicted molar refractivity (Wildman–Crippen MR) is 67.2 cm³/mol. The molecule has 1 aromatic heterocycles. The molecule has 0 spiro atoms. The van der Waals surface area contributed by atoms with Gasteiger partial charge in [0.25, 0.3) is 5.56 Å². The molecule has 0 aliphatic carbocycles. The van der Waals surface area contributed by atoms with Gasteiger partial charge in [-0.1, -0.05) is 6.07 Å². The van der Waals surface area contributed by atoms with E-state index < -0.39 is 11.7 Å². The number of nitrogens with zero attached hydrogens (tertiary/aromatic N) is 1. The van der Waals surface area contributed by atoms with Crippen molar-refractivity contribution in [1.82, 2.24) is 4.57 Å². The Bertz CT molecular complexity index is 645. The van der Waals surface area contributed by atoms with Gasteiger partial charge in [0.15, 0.2) is 0 Å². The molecule has 5 nitrogen and oxygen atoms in total. The zero-order chi connectivity index (χ0) is 13.1. The van der Waals surface area contributed by atoms with Crippen LogP contribution in [-0.2, 0) is 4.74 Å². The molecule has 0 saturated carbocycles. The minimum Gasteiger partial charge on any atom is -0.497 e. The van der Waals surface area contributed by atoms with Crippen molar-refractivity contribution < 1.29 is 14.3 Å². The maximum absolute atomic E-state index is 12.1. The van der Waals surface area contributed by atoms with Crippen LogP contribution in [0.25, 0.3) is 10.8 Å². The fourth-order valence-electron chi connectivity index (χ4n) is 1.68. The molecule has 0 bridgehead atoms. The summed E-state index contributed by atoms with van der Waals surface area (Å²) < 4.78 is 10.8. The number of hydrogen-bond acceptors (Lipinski definition) is 4. The van der Waals surface area contributed by atoms with Gasteiger partial charge < -0.3 is 9.47 Å². The number of ether oxygens (including phenoxy) is 2. The first-order valence-electron chi connectivity index (χ1n) is 5.54.